The van der Waals surface area contributed by atoms with Crippen molar-refractivity contribution in [3.8, 4) is 0 Å². The fraction of sp³-hybridized carbons (Fsp3) is 0.545. The fourth-order valence-electron chi connectivity index (χ4n) is 4.00. The number of ether oxygens (including phenoxy) is 2. The monoisotopic (exact) mass is 442 g/mol. The molecule has 0 saturated carbocycles. The molecular weight excluding hydrogens is 412 g/mol. The molecule has 172 valence electrons. The summed E-state index contributed by atoms with van der Waals surface area (Å²) in [5, 5.41) is 0.979. The zero-order chi connectivity index (χ0) is 22.5. The Morgan fingerprint density at radius 1 is 0.719 bits per heavy atom. The molecule has 10 heteroatoms. The van der Waals surface area contributed by atoms with Gasteiger partial charge >= 0.3 is 12.2 Å². The smallest absolute Gasteiger partial charge is 0.409 e. The molecule has 2 saturated heterocycles. The van der Waals surface area contributed by atoms with E-state index in [0.717, 1.165) is 17.0 Å². The molecule has 2 aliphatic heterocycles. The minimum Gasteiger partial charge on any atom is -0.450 e. The summed E-state index contributed by atoms with van der Waals surface area (Å²) in [5.41, 5.74) is 0.695. The average molecular weight is 443 g/mol. The van der Waals surface area contributed by atoms with Gasteiger partial charge in [-0.05, 0) is 38.1 Å². The lowest BCUT2D eigenvalue weighted by molar-refractivity contribution is 0.104. The molecule has 2 aromatic rings. The van der Waals surface area contributed by atoms with Gasteiger partial charge in [-0.25, -0.2) is 19.6 Å². The molecule has 2 fully saturated rings. The lowest BCUT2D eigenvalue weighted by Gasteiger charge is -2.35. The minimum absolute atomic E-state index is 0.256. The van der Waals surface area contributed by atoms with Crippen LogP contribution in [0.1, 0.15) is 13.8 Å². The molecule has 0 N–H and O–H groups in total. The Balaban J connectivity index is 1.42. The third-order valence-corrected chi connectivity index (χ3v) is 5.78. The first-order valence-corrected chi connectivity index (χ1v) is 11.2. The van der Waals surface area contributed by atoms with Gasteiger partial charge in [0, 0.05) is 57.7 Å². The summed E-state index contributed by atoms with van der Waals surface area (Å²) >= 11 is 0. The number of piperazine rings is 2. The SMILES string of the molecule is CCOC(=O)N1CCN(c2ccc3ccc(N4CCN(C(=O)OCC)CC4)nc3n2)CC1. The zero-order valence-corrected chi connectivity index (χ0v) is 18.7. The van der Waals surface area contributed by atoms with Crippen LogP contribution < -0.4 is 9.80 Å². The summed E-state index contributed by atoms with van der Waals surface area (Å²) in [7, 11) is 0. The molecule has 2 amide bonds. The van der Waals surface area contributed by atoms with Gasteiger partial charge in [0.25, 0.3) is 0 Å². The van der Waals surface area contributed by atoms with Crippen molar-refractivity contribution in [2.24, 2.45) is 0 Å². The van der Waals surface area contributed by atoms with E-state index in [2.05, 4.69) is 9.80 Å². The normalized spacial score (nSPS) is 16.9. The number of pyridine rings is 2. The van der Waals surface area contributed by atoms with E-state index in [9.17, 15) is 9.59 Å². The van der Waals surface area contributed by atoms with Crippen molar-refractivity contribution in [3.63, 3.8) is 0 Å². The summed E-state index contributed by atoms with van der Waals surface area (Å²) in [6.07, 6.45) is -0.513. The van der Waals surface area contributed by atoms with E-state index < -0.39 is 0 Å². The minimum atomic E-state index is -0.256. The van der Waals surface area contributed by atoms with Crippen LogP contribution in [-0.4, -0.2) is 97.5 Å². The van der Waals surface area contributed by atoms with Crippen LogP contribution in [0.3, 0.4) is 0 Å². The molecule has 0 bridgehead atoms. The van der Waals surface area contributed by atoms with Crippen LogP contribution in [0, 0.1) is 0 Å². The number of anilines is 2. The Hall–Kier alpha value is -3.30. The molecule has 4 rings (SSSR count). The maximum atomic E-state index is 11.9. The maximum absolute atomic E-state index is 11.9. The van der Waals surface area contributed by atoms with E-state index in [1.54, 1.807) is 9.80 Å². The van der Waals surface area contributed by atoms with Gasteiger partial charge in [-0.2, -0.15) is 0 Å². The second-order valence-corrected chi connectivity index (χ2v) is 7.73. The molecule has 0 aliphatic carbocycles. The first-order valence-electron chi connectivity index (χ1n) is 11.2. The van der Waals surface area contributed by atoms with Gasteiger partial charge in [-0.15, -0.1) is 0 Å². The van der Waals surface area contributed by atoms with Crippen LogP contribution in [0.25, 0.3) is 11.0 Å². The van der Waals surface area contributed by atoms with E-state index in [0.29, 0.717) is 71.2 Å². The Morgan fingerprint density at radius 2 is 1.12 bits per heavy atom. The van der Waals surface area contributed by atoms with Crippen LogP contribution in [-0.2, 0) is 9.47 Å². The number of nitrogens with zero attached hydrogens (tertiary/aromatic N) is 6. The van der Waals surface area contributed by atoms with Gasteiger partial charge in [0.1, 0.15) is 11.6 Å². The molecule has 2 aromatic heterocycles. The van der Waals surface area contributed by atoms with Crippen molar-refractivity contribution in [1.29, 1.82) is 0 Å². The van der Waals surface area contributed by atoms with Gasteiger partial charge in [-0.3, -0.25) is 0 Å². The highest BCUT2D eigenvalue weighted by molar-refractivity contribution is 5.79. The van der Waals surface area contributed by atoms with Crippen molar-refractivity contribution in [2.45, 2.75) is 13.8 Å². The number of carbonyl (C=O) groups is 2. The van der Waals surface area contributed by atoms with E-state index in [1.165, 1.54) is 0 Å². The number of amides is 2. The summed E-state index contributed by atoms with van der Waals surface area (Å²) in [4.78, 5) is 41.2. The predicted octanol–water partition coefficient (Wildman–Crippen LogP) is 2.19. The molecular formula is C22H30N6O4. The van der Waals surface area contributed by atoms with Gasteiger partial charge in [-0.1, -0.05) is 0 Å². The fourth-order valence-corrected chi connectivity index (χ4v) is 4.00. The summed E-state index contributed by atoms with van der Waals surface area (Å²) in [5.74, 6) is 1.72. The van der Waals surface area contributed by atoms with Crippen molar-refractivity contribution in [2.75, 3.05) is 75.4 Å². The zero-order valence-electron chi connectivity index (χ0n) is 18.7. The largest absolute Gasteiger partial charge is 0.450 e. The first kappa shape index (κ1) is 21.9. The van der Waals surface area contributed by atoms with Crippen LogP contribution in [0.5, 0.6) is 0 Å². The molecule has 0 unspecified atom stereocenters. The Bertz CT molecular complexity index is 882. The van der Waals surface area contributed by atoms with Gasteiger partial charge < -0.3 is 29.1 Å². The van der Waals surface area contributed by atoms with E-state index in [4.69, 9.17) is 19.4 Å². The third-order valence-electron chi connectivity index (χ3n) is 5.78. The van der Waals surface area contributed by atoms with Crippen molar-refractivity contribution in [1.82, 2.24) is 19.8 Å². The molecule has 4 heterocycles. The number of hydrogen-bond donors (Lipinski definition) is 0. The second kappa shape index (κ2) is 9.88. The molecule has 2 aliphatic rings. The average Bonchev–Trinajstić information content (AvgIpc) is 2.84. The Labute approximate surface area is 187 Å². The highest BCUT2D eigenvalue weighted by Crippen LogP contribution is 2.22. The summed E-state index contributed by atoms with van der Waals surface area (Å²) in [6, 6.07) is 8.07. The number of rotatable bonds is 4. The quantitative estimate of drug-likeness (QED) is 0.712. The Kier molecular flexibility index (Phi) is 6.77. The van der Waals surface area contributed by atoms with Crippen molar-refractivity contribution >= 4 is 34.9 Å². The molecule has 0 radical (unpaired) electrons. The van der Waals surface area contributed by atoms with Crippen molar-refractivity contribution in [3.05, 3.63) is 24.3 Å². The molecule has 0 atom stereocenters. The summed E-state index contributed by atoms with van der Waals surface area (Å²) in [6.45, 7) is 9.64. The van der Waals surface area contributed by atoms with E-state index in [1.807, 2.05) is 38.1 Å². The number of fused-ring (bicyclic) bond motifs is 1. The van der Waals surface area contributed by atoms with Gasteiger partial charge in [0.2, 0.25) is 0 Å². The van der Waals surface area contributed by atoms with Gasteiger partial charge in [0.15, 0.2) is 5.65 Å². The van der Waals surface area contributed by atoms with Crippen LogP contribution in [0.15, 0.2) is 24.3 Å². The molecule has 0 spiro atoms. The second-order valence-electron chi connectivity index (χ2n) is 7.73. The lowest BCUT2D eigenvalue weighted by Crippen LogP contribution is -2.49. The van der Waals surface area contributed by atoms with Crippen LogP contribution in [0.4, 0.5) is 21.2 Å². The first-order chi connectivity index (χ1) is 15.6. The number of hydrogen-bond acceptors (Lipinski definition) is 8. The van der Waals surface area contributed by atoms with E-state index in [-0.39, 0.29) is 12.2 Å². The van der Waals surface area contributed by atoms with Gasteiger partial charge in [0.05, 0.1) is 13.2 Å². The molecule has 10 nitrogen and oxygen atoms in total. The third kappa shape index (κ3) is 4.79. The van der Waals surface area contributed by atoms with Crippen LogP contribution >= 0.6 is 0 Å². The van der Waals surface area contributed by atoms with Crippen LogP contribution in [0.2, 0.25) is 0 Å². The predicted molar refractivity (Wildman–Crippen MR) is 121 cm³/mol. The van der Waals surface area contributed by atoms with E-state index >= 15 is 0 Å². The number of carbonyl (C=O) groups excluding carboxylic acids is 2. The highest BCUT2D eigenvalue weighted by atomic mass is 16.6. The standard InChI is InChI=1S/C22H30N6O4/c1-3-31-21(29)27-13-9-25(10-14-27)18-7-5-17-6-8-19(24-20(17)23-18)26-11-15-28(16-12-26)22(30)32-4-2/h5-8H,3-4,9-16H2,1-2H3. The molecule has 0 aromatic carbocycles. The van der Waals surface area contributed by atoms with Crippen molar-refractivity contribution < 1.29 is 19.1 Å². The summed E-state index contributed by atoms with van der Waals surface area (Å²) < 4.78 is 10.2. The Morgan fingerprint density at radius 3 is 1.50 bits per heavy atom. The highest BCUT2D eigenvalue weighted by Gasteiger charge is 2.24. The number of aromatic nitrogens is 2. The molecule has 32 heavy (non-hydrogen) atoms. The lowest BCUT2D eigenvalue weighted by atomic mass is 10.2. The topological polar surface area (TPSA) is 91.3 Å². The maximum Gasteiger partial charge on any atom is 0.409 e.